The van der Waals surface area contributed by atoms with Crippen molar-refractivity contribution in [3.63, 3.8) is 0 Å². The smallest absolute Gasteiger partial charge is 0.233 e. The van der Waals surface area contributed by atoms with Crippen LogP contribution in [0.3, 0.4) is 0 Å². The van der Waals surface area contributed by atoms with Crippen LogP contribution in [0.15, 0.2) is 57.6 Å². The van der Waals surface area contributed by atoms with E-state index in [0.29, 0.717) is 28.9 Å². The number of rotatable bonds is 4. The van der Waals surface area contributed by atoms with E-state index in [1.54, 1.807) is 12.1 Å². The molecule has 0 spiro atoms. The number of aliphatic hydroxyl groups excluding tert-OH is 1. The molecule has 1 heterocycles. The molecular formula is C25H22BrNO6. The van der Waals surface area contributed by atoms with Gasteiger partial charge in [-0.05, 0) is 40.8 Å². The van der Waals surface area contributed by atoms with Crippen LogP contribution in [0.4, 0.5) is 0 Å². The zero-order chi connectivity index (χ0) is 23.4. The third kappa shape index (κ3) is 3.27. The number of likely N-dealkylation sites (tertiary alicyclic amines) is 1. The maximum Gasteiger partial charge on any atom is 0.233 e. The number of Topliss-reactive ketones (excluding diaryl/α,β-unsaturated/α-hetero) is 1. The number of ketones is 2. The van der Waals surface area contributed by atoms with E-state index in [9.17, 15) is 24.3 Å². The lowest BCUT2D eigenvalue weighted by atomic mass is 9.59. The van der Waals surface area contributed by atoms with Crippen molar-refractivity contribution in [3.05, 3.63) is 63.2 Å². The van der Waals surface area contributed by atoms with E-state index in [-0.39, 0.29) is 53.4 Å². The fourth-order valence-corrected chi connectivity index (χ4v) is 6.17. The molecule has 1 aromatic rings. The molecule has 0 unspecified atom stereocenters. The number of halogens is 1. The predicted octanol–water partition coefficient (Wildman–Crippen LogP) is 2.45. The summed E-state index contributed by atoms with van der Waals surface area (Å²) in [5.41, 5.74) is 2.35. The largest absolute Gasteiger partial charge is 0.491 e. The molecule has 1 fully saturated rings. The summed E-state index contributed by atoms with van der Waals surface area (Å²) < 4.78 is 5.97. The molecule has 7 nitrogen and oxygen atoms in total. The second-order valence-corrected chi connectivity index (χ2v) is 9.59. The Morgan fingerprint density at radius 2 is 1.88 bits per heavy atom. The fraction of sp³-hybridized carbons (Fsp3) is 0.360. The van der Waals surface area contributed by atoms with Crippen LogP contribution in [0.1, 0.15) is 24.3 Å². The number of hydrogen-bond acceptors (Lipinski definition) is 6. The van der Waals surface area contributed by atoms with Gasteiger partial charge in [0.05, 0.1) is 22.9 Å². The van der Waals surface area contributed by atoms with Crippen LogP contribution in [0.25, 0.3) is 0 Å². The van der Waals surface area contributed by atoms with Gasteiger partial charge in [-0.15, -0.1) is 0 Å². The average Bonchev–Trinajstić information content (AvgIpc) is 3.04. The summed E-state index contributed by atoms with van der Waals surface area (Å²) in [6.45, 7) is -0.0863. The van der Waals surface area contributed by atoms with Crippen LogP contribution in [0, 0.1) is 17.8 Å². The Morgan fingerprint density at radius 3 is 2.64 bits per heavy atom. The minimum atomic E-state index is -0.572. The van der Waals surface area contributed by atoms with Crippen molar-refractivity contribution in [2.24, 2.45) is 17.8 Å². The average molecular weight is 512 g/mol. The molecule has 0 saturated carbocycles. The Labute approximate surface area is 198 Å². The van der Waals surface area contributed by atoms with E-state index in [1.165, 1.54) is 18.0 Å². The first kappa shape index (κ1) is 22.0. The van der Waals surface area contributed by atoms with Gasteiger partial charge in [0.2, 0.25) is 11.8 Å². The molecule has 4 aliphatic rings. The molecule has 1 N–H and O–H groups in total. The van der Waals surface area contributed by atoms with Gasteiger partial charge in [-0.2, -0.15) is 0 Å². The van der Waals surface area contributed by atoms with Gasteiger partial charge in [0, 0.05) is 35.8 Å². The van der Waals surface area contributed by atoms with Gasteiger partial charge in [0.25, 0.3) is 0 Å². The topological polar surface area (TPSA) is 101 Å². The van der Waals surface area contributed by atoms with Crippen molar-refractivity contribution in [1.29, 1.82) is 0 Å². The first-order valence-corrected chi connectivity index (χ1v) is 11.7. The minimum Gasteiger partial charge on any atom is -0.491 e. The van der Waals surface area contributed by atoms with E-state index < -0.39 is 17.8 Å². The summed E-state index contributed by atoms with van der Waals surface area (Å²) in [5, 5.41) is 9.26. The number of aliphatic hydroxyl groups is 1. The van der Waals surface area contributed by atoms with Crippen molar-refractivity contribution in [3.8, 4) is 5.75 Å². The van der Waals surface area contributed by atoms with Crippen LogP contribution in [0.5, 0.6) is 5.75 Å². The van der Waals surface area contributed by atoms with Crippen molar-refractivity contribution >= 4 is 39.3 Å². The lowest BCUT2D eigenvalue weighted by molar-refractivity contribution is -0.138. The van der Waals surface area contributed by atoms with Crippen LogP contribution in [-0.4, -0.2) is 53.6 Å². The molecule has 33 heavy (non-hydrogen) atoms. The Balaban J connectivity index is 1.71. The molecular weight excluding hydrogens is 490 g/mol. The lowest BCUT2D eigenvalue weighted by Gasteiger charge is -2.42. The molecule has 170 valence electrons. The Morgan fingerprint density at radius 1 is 1.12 bits per heavy atom. The molecule has 1 aliphatic heterocycles. The quantitative estimate of drug-likeness (QED) is 0.378. The molecule has 0 bridgehead atoms. The number of hydrogen-bond donors (Lipinski definition) is 1. The molecule has 5 rings (SSSR count). The van der Waals surface area contributed by atoms with E-state index in [2.05, 4.69) is 15.9 Å². The van der Waals surface area contributed by atoms with Gasteiger partial charge in [-0.25, -0.2) is 0 Å². The Hall–Kier alpha value is -2.84. The van der Waals surface area contributed by atoms with Gasteiger partial charge >= 0.3 is 0 Å². The zero-order valence-corrected chi connectivity index (χ0v) is 19.5. The van der Waals surface area contributed by atoms with Gasteiger partial charge in [0.15, 0.2) is 11.6 Å². The number of amides is 2. The highest BCUT2D eigenvalue weighted by molar-refractivity contribution is 9.12. The van der Waals surface area contributed by atoms with Crippen molar-refractivity contribution in [2.75, 3.05) is 20.3 Å². The van der Waals surface area contributed by atoms with Crippen molar-refractivity contribution in [1.82, 2.24) is 4.90 Å². The number of carbonyl (C=O) groups is 4. The zero-order valence-electron chi connectivity index (χ0n) is 17.9. The standard InChI is InChI=1S/C25H22BrNO6/c1-27-24(31)14-7-6-12-15(21(14)25(27)32)10-16-22(18(29)11-17(26)23(16)30)20(12)13-4-2-3-5-19(13)33-9-8-28/h2-6,11,14-15,20-21,28H,7-10H2,1H3/t14-,15+,20+,21-/m0/s1. The first-order chi connectivity index (χ1) is 15.8. The molecule has 1 aromatic carbocycles. The summed E-state index contributed by atoms with van der Waals surface area (Å²) in [6, 6.07) is 7.24. The number of para-hydroxylation sites is 1. The number of ether oxygens (including phenoxy) is 1. The number of fused-ring (bicyclic) bond motifs is 3. The number of imide groups is 1. The molecule has 0 radical (unpaired) electrons. The summed E-state index contributed by atoms with van der Waals surface area (Å²) in [7, 11) is 1.50. The van der Waals surface area contributed by atoms with Crippen LogP contribution in [0.2, 0.25) is 0 Å². The highest BCUT2D eigenvalue weighted by Crippen LogP contribution is 2.56. The van der Waals surface area contributed by atoms with Gasteiger partial charge in [0.1, 0.15) is 12.4 Å². The van der Waals surface area contributed by atoms with Crippen LogP contribution in [-0.2, 0) is 19.2 Å². The Kier molecular flexibility index (Phi) is 5.45. The maximum absolute atomic E-state index is 13.2. The number of allylic oxidation sites excluding steroid dienone is 6. The predicted molar refractivity (Wildman–Crippen MR) is 121 cm³/mol. The molecule has 8 heteroatoms. The normalized spacial score (nSPS) is 28.9. The highest BCUT2D eigenvalue weighted by atomic mass is 79.9. The van der Waals surface area contributed by atoms with Crippen molar-refractivity contribution in [2.45, 2.75) is 18.8 Å². The number of nitrogens with zero attached hydrogens (tertiary/aromatic N) is 1. The summed E-state index contributed by atoms with van der Waals surface area (Å²) >= 11 is 3.22. The van der Waals surface area contributed by atoms with E-state index in [1.807, 2.05) is 18.2 Å². The highest BCUT2D eigenvalue weighted by Gasteiger charge is 2.55. The first-order valence-electron chi connectivity index (χ1n) is 10.9. The van der Waals surface area contributed by atoms with Crippen LogP contribution >= 0.6 is 15.9 Å². The summed E-state index contributed by atoms with van der Waals surface area (Å²) in [5.74, 6) is -2.41. The minimum absolute atomic E-state index is 0.0823. The van der Waals surface area contributed by atoms with Gasteiger partial charge < -0.3 is 9.84 Å². The third-order valence-electron chi connectivity index (χ3n) is 7.13. The molecule has 0 aromatic heterocycles. The summed E-state index contributed by atoms with van der Waals surface area (Å²) in [6.07, 6.45) is 3.92. The van der Waals surface area contributed by atoms with Crippen LogP contribution < -0.4 is 4.74 Å². The summed E-state index contributed by atoms with van der Waals surface area (Å²) in [4.78, 5) is 53.3. The molecule has 1 saturated heterocycles. The van der Waals surface area contributed by atoms with E-state index >= 15 is 0 Å². The third-order valence-corrected chi connectivity index (χ3v) is 7.72. The SMILES string of the molecule is CN1C(=O)[C@H]2[C@H](CC=C3[C@H](c4ccccc4OCCO)C4=C(C[C@H]32)C(=O)C(Br)=CC4=O)C1=O. The second kappa shape index (κ2) is 8.18. The van der Waals surface area contributed by atoms with Gasteiger partial charge in [-0.3, -0.25) is 24.1 Å². The van der Waals surface area contributed by atoms with Crippen molar-refractivity contribution < 1.29 is 29.0 Å². The fourth-order valence-electron chi connectivity index (χ4n) is 5.73. The van der Waals surface area contributed by atoms with E-state index in [4.69, 9.17) is 4.74 Å². The molecule has 2 amide bonds. The molecule has 3 aliphatic carbocycles. The second-order valence-electron chi connectivity index (χ2n) is 8.74. The number of benzene rings is 1. The monoisotopic (exact) mass is 511 g/mol. The lowest BCUT2D eigenvalue weighted by Crippen LogP contribution is -2.39. The molecule has 4 atom stereocenters. The Bertz CT molecular complexity index is 1200. The van der Waals surface area contributed by atoms with E-state index in [0.717, 1.165) is 5.57 Å². The number of carbonyl (C=O) groups excluding carboxylic acids is 4. The maximum atomic E-state index is 13.2. The van der Waals surface area contributed by atoms with Gasteiger partial charge in [-0.1, -0.05) is 29.8 Å².